The lowest BCUT2D eigenvalue weighted by atomic mass is 10.1. The number of hydrogen-bond donors (Lipinski definition) is 3. The number of hydrogen-bond acceptors (Lipinski definition) is 5. The summed E-state index contributed by atoms with van der Waals surface area (Å²) < 4.78 is 5.33. The van der Waals surface area contributed by atoms with Gasteiger partial charge in [-0.15, -0.1) is 0 Å². The van der Waals surface area contributed by atoms with E-state index in [1.165, 1.54) is 6.26 Å². The maximum Gasteiger partial charge on any atom is 0.268 e. The van der Waals surface area contributed by atoms with Crippen LogP contribution in [-0.4, -0.2) is 29.9 Å². The van der Waals surface area contributed by atoms with Crippen LogP contribution in [0.1, 0.15) is 29.0 Å². The van der Waals surface area contributed by atoms with Crippen molar-refractivity contribution in [3.8, 4) is 0 Å². The Kier molecular flexibility index (Phi) is 3.78. The van der Waals surface area contributed by atoms with Gasteiger partial charge in [0.1, 0.15) is 5.76 Å². The van der Waals surface area contributed by atoms with Crippen LogP contribution in [-0.2, 0) is 6.54 Å². The van der Waals surface area contributed by atoms with Crippen molar-refractivity contribution in [2.24, 2.45) is 11.6 Å². The molecule has 6 heteroatoms. The van der Waals surface area contributed by atoms with Gasteiger partial charge in [0.05, 0.1) is 18.4 Å². The van der Waals surface area contributed by atoms with Gasteiger partial charge in [0.2, 0.25) is 0 Å². The van der Waals surface area contributed by atoms with Crippen LogP contribution in [0.4, 0.5) is 0 Å². The molecular weight excluding hydrogens is 220 g/mol. The lowest BCUT2D eigenvalue weighted by Gasteiger charge is -2.29. The van der Waals surface area contributed by atoms with E-state index in [0.29, 0.717) is 23.9 Å². The molecule has 1 aliphatic heterocycles. The SMILES string of the molecule is NNC(=O)c1ccoc1CN1CCC(N)CC1. The lowest BCUT2D eigenvalue weighted by molar-refractivity contribution is 0.0949. The highest BCUT2D eigenvalue weighted by molar-refractivity contribution is 5.94. The number of amides is 1. The zero-order valence-corrected chi connectivity index (χ0v) is 9.69. The number of likely N-dealkylation sites (tertiary alicyclic amines) is 1. The molecule has 1 aromatic rings. The zero-order valence-electron chi connectivity index (χ0n) is 9.69. The third-order valence-corrected chi connectivity index (χ3v) is 3.12. The number of nitrogens with one attached hydrogen (secondary N) is 1. The molecular formula is C11H18N4O2. The highest BCUT2D eigenvalue weighted by Gasteiger charge is 2.20. The second kappa shape index (κ2) is 5.31. The average Bonchev–Trinajstić information content (AvgIpc) is 2.79. The molecule has 1 amide bonds. The van der Waals surface area contributed by atoms with Crippen molar-refractivity contribution in [2.75, 3.05) is 13.1 Å². The van der Waals surface area contributed by atoms with Crippen LogP contribution >= 0.6 is 0 Å². The van der Waals surface area contributed by atoms with Crippen molar-refractivity contribution in [1.82, 2.24) is 10.3 Å². The molecule has 0 atom stereocenters. The molecule has 94 valence electrons. The van der Waals surface area contributed by atoms with E-state index >= 15 is 0 Å². The van der Waals surface area contributed by atoms with Gasteiger partial charge in [-0.25, -0.2) is 5.84 Å². The topological polar surface area (TPSA) is 97.5 Å². The van der Waals surface area contributed by atoms with E-state index in [1.807, 2.05) is 0 Å². The van der Waals surface area contributed by atoms with Gasteiger partial charge < -0.3 is 10.2 Å². The summed E-state index contributed by atoms with van der Waals surface area (Å²) in [6.07, 6.45) is 3.48. The number of furan rings is 1. The standard InChI is InChI=1S/C11H18N4O2/c12-8-1-4-15(5-2-8)7-10-9(3-6-17-10)11(16)14-13/h3,6,8H,1-2,4-5,7,12-13H2,(H,14,16). The summed E-state index contributed by atoms with van der Waals surface area (Å²) in [6, 6.07) is 1.93. The largest absolute Gasteiger partial charge is 0.467 e. The Balaban J connectivity index is 1.99. The van der Waals surface area contributed by atoms with Gasteiger partial charge in [-0.1, -0.05) is 0 Å². The van der Waals surface area contributed by atoms with Gasteiger partial charge in [0.25, 0.3) is 5.91 Å². The predicted octanol–water partition coefficient (Wildman–Crippen LogP) is -0.194. The van der Waals surface area contributed by atoms with Gasteiger partial charge in [-0.3, -0.25) is 15.1 Å². The molecule has 0 bridgehead atoms. The Morgan fingerprint density at radius 1 is 1.53 bits per heavy atom. The van der Waals surface area contributed by atoms with Crippen molar-refractivity contribution >= 4 is 5.91 Å². The van der Waals surface area contributed by atoms with Gasteiger partial charge in [-0.2, -0.15) is 0 Å². The first kappa shape index (κ1) is 12.1. The summed E-state index contributed by atoms with van der Waals surface area (Å²) in [7, 11) is 0. The van der Waals surface area contributed by atoms with Crippen molar-refractivity contribution in [2.45, 2.75) is 25.4 Å². The number of hydrazine groups is 1. The number of nitrogen functional groups attached to an aromatic ring is 1. The molecule has 0 aliphatic carbocycles. The second-order valence-corrected chi connectivity index (χ2v) is 4.34. The van der Waals surface area contributed by atoms with Crippen LogP contribution in [0.5, 0.6) is 0 Å². The molecule has 1 aromatic heterocycles. The summed E-state index contributed by atoms with van der Waals surface area (Å²) >= 11 is 0. The van der Waals surface area contributed by atoms with E-state index < -0.39 is 0 Å². The van der Waals surface area contributed by atoms with Gasteiger partial charge in [0, 0.05) is 19.1 Å². The van der Waals surface area contributed by atoms with Crippen LogP contribution in [0, 0.1) is 0 Å². The van der Waals surface area contributed by atoms with Crippen LogP contribution in [0.2, 0.25) is 0 Å². The fourth-order valence-corrected chi connectivity index (χ4v) is 2.06. The number of nitrogens with zero attached hydrogens (tertiary/aromatic N) is 1. The maximum absolute atomic E-state index is 11.5. The first-order valence-corrected chi connectivity index (χ1v) is 5.76. The van der Waals surface area contributed by atoms with E-state index in [9.17, 15) is 4.79 Å². The van der Waals surface area contributed by atoms with Crippen molar-refractivity contribution in [3.63, 3.8) is 0 Å². The molecule has 1 fully saturated rings. The minimum Gasteiger partial charge on any atom is -0.467 e. The van der Waals surface area contributed by atoms with Crippen LogP contribution in [0.15, 0.2) is 16.7 Å². The van der Waals surface area contributed by atoms with Crippen molar-refractivity contribution in [1.29, 1.82) is 0 Å². The Morgan fingerprint density at radius 3 is 2.88 bits per heavy atom. The molecule has 0 unspecified atom stereocenters. The van der Waals surface area contributed by atoms with E-state index in [2.05, 4.69) is 10.3 Å². The summed E-state index contributed by atoms with van der Waals surface area (Å²) in [6.45, 7) is 2.50. The Hall–Kier alpha value is -1.37. The lowest BCUT2D eigenvalue weighted by Crippen LogP contribution is -2.39. The normalized spacial score (nSPS) is 18.2. The molecule has 2 heterocycles. The minimum atomic E-state index is -0.317. The number of nitrogens with two attached hydrogens (primary N) is 2. The Labute approximate surface area is 99.9 Å². The molecule has 1 saturated heterocycles. The molecule has 2 rings (SSSR count). The summed E-state index contributed by atoms with van der Waals surface area (Å²) in [5.41, 5.74) is 8.46. The summed E-state index contributed by atoms with van der Waals surface area (Å²) in [5.74, 6) is 5.45. The molecule has 1 aliphatic rings. The molecule has 0 spiro atoms. The van der Waals surface area contributed by atoms with Gasteiger partial charge in [-0.05, 0) is 18.9 Å². The first-order valence-electron chi connectivity index (χ1n) is 5.76. The van der Waals surface area contributed by atoms with E-state index in [0.717, 1.165) is 25.9 Å². The van der Waals surface area contributed by atoms with E-state index in [-0.39, 0.29) is 5.91 Å². The van der Waals surface area contributed by atoms with Gasteiger partial charge in [0.15, 0.2) is 0 Å². The second-order valence-electron chi connectivity index (χ2n) is 4.34. The highest BCUT2D eigenvalue weighted by Crippen LogP contribution is 2.16. The number of carbonyl (C=O) groups is 1. The monoisotopic (exact) mass is 238 g/mol. The van der Waals surface area contributed by atoms with E-state index in [4.69, 9.17) is 16.0 Å². The fraction of sp³-hybridized carbons (Fsp3) is 0.545. The third-order valence-electron chi connectivity index (χ3n) is 3.12. The number of rotatable bonds is 3. The number of carbonyl (C=O) groups excluding carboxylic acids is 1. The predicted molar refractivity (Wildman–Crippen MR) is 62.8 cm³/mol. The Bertz CT molecular complexity index is 383. The fourth-order valence-electron chi connectivity index (χ4n) is 2.06. The van der Waals surface area contributed by atoms with Crippen molar-refractivity contribution < 1.29 is 9.21 Å². The molecule has 6 nitrogen and oxygen atoms in total. The minimum absolute atomic E-state index is 0.301. The maximum atomic E-state index is 11.5. The molecule has 0 radical (unpaired) electrons. The average molecular weight is 238 g/mol. The van der Waals surface area contributed by atoms with Crippen LogP contribution in [0.25, 0.3) is 0 Å². The van der Waals surface area contributed by atoms with E-state index in [1.54, 1.807) is 6.07 Å². The van der Waals surface area contributed by atoms with Crippen LogP contribution < -0.4 is 17.0 Å². The van der Waals surface area contributed by atoms with Crippen LogP contribution in [0.3, 0.4) is 0 Å². The van der Waals surface area contributed by atoms with Gasteiger partial charge >= 0.3 is 0 Å². The summed E-state index contributed by atoms with van der Waals surface area (Å²) in [4.78, 5) is 13.7. The highest BCUT2D eigenvalue weighted by atomic mass is 16.3. The molecule has 17 heavy (non-hydrogen) atoms. The zero-order chi connectivity index (χ0) is 12.3. The Morgan fingerprint density at radius 2 is 2.24 bits per heavy atom. The summed E-state index contributed by atoms with van der Waals surface area (Å²) in [5, 5.41) is 0. The smallest absolute Gasteiger partial charge is 0.268 e. The molecule has 0 saturated carbocycles. The number of piperidine rings is 1. The first-order chi connectivity index (χ1) is 8.20. The molecule has 5 N–H and O–H groups in total. The quantitative estimate of drug-likeness (QED) is 0.385. The van der Waals surface area contributed by atoms with Crippen molar-refractivity contribution in [3.05, 3.63) is 23.7 Å². The third kappa shape index (κ3) is 2.85. The molecule has 0 aromatic carbocycles.